The number of benzene rings is 1. The van der Waals surface area contributed by atoms with E-state index in [9.17, 15) is 9.18 Å². The molecule has 2 rings (SSSR count). The molecule has 18 heavy (non-hydrogen) atoms. The fourth-order valence-corrected chi connectivity index (χ4v) is 1.73. The van der Waals surface area contributed by atoms with Crippen molar-refractivity contribution >= 4 is 34.8 Å². The number of hydrogen-bond acceptors (Lipinski definition) is 2. The zero-order chi connectivity index (χ0) is 13.1. The second-order valence-corrected chi connectivity index (χ2v) is 4.23. The summed E-state index contributed by atoms with van der Waals surface area (Å²) in [5.41, 5.74) is 0.214. The highest BCUT2D eigenvalue weighted by atomic mass is 35.5. The van der Waals surface area contributed by atoms with Crippen LogP contribution in [0, 0.1) is 5.82 Å². The molecule has 0 aliphatic heterocycles. The van der Waals surface area contributed by atoms with Crippen molar-refractivity contribution in [3.8, 4) is 0 Å². The van der Waals surface area contributed by atoms with E-state index in [-0.39, 0.29) is 21.3 Å². The van der Waals surface area contributed by atoms with E-state index in [4.69, 9.17) is 23.2 Å². The van der Waals surface area contributed by atoms with Crippen LogP contribution >= 0.6 is 23.2 Å². The van der Waals surface area contributed by atoms with E-state index < -0.39 is 11.7 Å². The first kappa shape index (κ1) is 12.8. The molecule has 0 aliphatic rings. The van der Waals surface area contributed by atoms with E-state index in [0.29, 0.717) is 0 Å². The van der Waals surface area contributed by atoms with Gasteiger partial charge in [-0.15, -0.1) is 0 Å². The second-order valence-electron chi connectivity index (χ2n) is 3.41. The molecule has 0 bridgehead atoms. The van der Waals surface area contributed by atoms with E-state index in [2.05, 4.69) is 10.3 Å². The summed E-state index contributed by atoms with van der Waals surface area (Å²) < 4.78 is 13.6. The lowest BCUT2D eigenvalue weighted by Gasteiger charge is -2.07. The first-order valence-electron chi connectivity index (χ1n) is 4.94. The van der Waals surface area contributed by atoms with Crippen LogP contribution < -0.4 is 5.32 Å². The quantitative estimate of drug-likeness (QED) is 0.912. The van der Waals surface area contributed by atoms with Gasteiger partial charge in [0.15, 0.2) is 5.82 Å². The van der Waals surface area contributed by atoms with E-state index in [0.717, 1.165) is 0 Å². The molecule has 1 aromatic carbocycles. The zero-order valence-corrected chi connectivity index (χ0v) is 10.5. The maximum atomic E-state index is 13.6. The Morgan fingerprint density at radius 2 is 2.00 bits per heavy atom. The van der Waals surface area contributed by atoms with Gasteiger partial charge in [-0.3, -0.25) is 9.78 Å². The lowest BCUT2D eigenvalue weighted by atomic mass is 10.2. The lowest BCUT2D eigenvalue weighted by molar-refractivity contribution is 0.102. The third-order valence-corrected chi connectivity index (χ3v) is 2.81. The average molecular weight is 285 g/mol. The highest BCUT2D eigenvalue weighted by Gasteiger charge is 2.13. The predicted molar refractivity (Wildman–Crippen MR) is 68.6 cm³/mol. The fraction of sp³-hybridized carbons (Fsp3) is 0. The normalized spacial score (nSPS) is 10.2. The van der Waals surface area contributed by atoms with Crippen molar-refractivity contribution in [1.82, 2.24) is 4.98 Å². The highest BCUT2D eigenvalue weighted by Crippen LogP contribution is 2.23. The molecule has 1 aromatic heterocycles. The molecule has 0 atom stereocenters. The van der Waals surface area contributed by atoms with Gasteiger partial charge in [0, 0.05) is 12.4 Å². The molecular weight excluding hydrogens is 278 g/mol. The minimum Gasteiger partial charge on any atom is -0.319 e. The Morgan fingerprint density at radius 1 is 1.22 bits per heavy atom. The molecule has 0 aliphatic carbocycles. The van der Waals surface area contributed by atoms with Crippen LogP contribution in [0.4, 0.5) is 10.1 Å². The molecule has 0 saturated carbocycles. The third-order valence-electron chi connectivity index (χ3n) is 2.22. The minimum atomic E-state index is -0.683. The Bertz CT molecular complexity index is 604. The molecule has 0 unspecified atom stereocenters. The predicted octanol–water partition coefficient (Wildman–Crippen LogP) is 3.78. The van der Waals surface area contributed by atoms with E-state index in [1.54, 1.807) is 0 Å². The number of aromatic nitrogens is 1. The van der Waals surface area contributed by atoms with Crippen molar-refractivity contribution in [1.29, 1.82) is 0 Å². The van der Waals surface area contributed by atoms with Gasteiger partial charge in [0.1, 0.15) is 0 Å². The standard InChI is InChI=1S/C12H7Cl2FN2O/c13-8-2-1-3-10(11(8)15)17-12(18)7-4-5-16-6-9(7)14/h1-6H,(H,17,18). The number of halogens is 3. The molecule has 0 radical (unpaired) electrons. The van der Waals surface area contributed by atoms with Crippen molar-refractivity contribution in [2.75, 3.05) is 5.32 Å². The van der Waals surface area contributed by atoms with Gasteiger partial charge in [-0.1, -0.05) is 29.3 Å². The van der Waals surface area contributed by atoms with Gasteiger partial charge in [0.25, 0.3) is 5.91 Å². The molecular formula is C12H7Cl2FN2O. The second kappa shape index (κ2) is 5.33. The summed E-state index contributed by atoms with van der Waals surface area (Å²) in [5, 5.41) is 2.53. The minimum absolute atomic E-state index is 0.000351. The van der Waals surface area contributed by atoms with Crippen LogP contribution in [0.5, 0.6) is 0 Å². The first-order valence-corrected chi connectivity index (χ1v) is 5.70. The molecule has 1 amide bonds. The Labute approximate surface area is 113 Å². The number of nitrogens with one attached hydrogen (secondary N) is 1. The highest BCUT2D eigenvalue weighted by molar-refractivity contribution is 6.34. The van der Waals surface area contributed by atoms with Crippen LogP contribution in [0.3, 0.4) is 0 Å². The molecule has 92 valence electrons. The molecule has 0 spiro atoms. The topological polar surface area (TPSA) is 42.0 Å². The van der Waals surface area contributed by atoms with Gasteiger partial charge < -0.3 is 5.32 Å². The number of pyridine rings is 1. The monoisotopic (exact) mass is 284 g/mol. The number of carbonyl (C=O) groups excluding carboxylic acids is 1. The van der Waals surface area contributed by atoms with E-state index in [1.165, 1.54) is 36.7 Å². The van der Waals surface area contributed by atoms with Crippen LogP contribution in [0.15, 0.2) is 36.7 Å². The smallest absolute Gasteiger partial charge is 0.257 e. The first-order chi connectivity index (χ1) is 8.59. The number of nitrogens with zero attached hydrogens (tertiary/aromatic N) is 1. The van der Waals surface area contributed by atoms with E-state index in [1.807, 2.05) is 0 Å². The van der Waals surface area contributed by atoms with Crippen molar-refractivity contribution in [3.05, 3.63) is 58.1 Å². The molecule has 6 heteroatoms. The van der Waals surface area contributed by atoms with E-state index >= 15 is 0 Å². The third kappa shape index (κ3) is 2.60. The van der Waals surface area contributed by atoms with Crippen molar-refractivity contribution in [2.24, 2.45) is 0 Å². The molecule has 0 saturated heterocycles. The van der Waals surface area contributed by atoms with Gasteiger partial charge in [-0.25, -0.2) is 4.39 Å². The van der Waals surface area contributed by atoms with Gasteiger partial charge in [0.05, 0.1) is 21.3 Å². The molecule has 0 fully saturated rings. The van der Waals surface area contributed by atoms with Crippen molar-refractivity contribution in [2.45, 2.75) is 0 Å². The van der Waals surface area contributed by atoms with Crippen LogP contribution in [0.1, 0.15) is 10.4 Å². The Balaban J connectivity index is 2.27. The van der Waals surface area contributed by atoms with Gasteiger partial charge in [-0.05, 0) is 18.2 Å². The zero-order valence-electron chi connectivity index (χ0n) is 8.95. The largest absolute Gasteiger partial charge is 0.319 e. The van der Waals surface area contributed by atoms with Gasteiger partial charge in [0.2, 0.25) is 0 Å². The van der Waals surface area contributed by atoms with Crippen LogP contribution in [0.25, 0.3) is 0 Å². The van der Waals surface area contributed by atoms with Crippen molar-refractivity contribution in [3.63, 3.8) is 0 Å². The number of carbonyl (C=O) groups is 1. The van der Waals surface area contributed by atoms with Gasteiger partial charge >= 0.3 is 0 Å². The number of rotatable bonds is 2. The summed E-state index contributed by atoms with van der Waals surface area (Å²) in [6.07, 6.45) is 2.76. The Hall–Kier alpha value is -1.65. The number of anilines is 1. The lowest BCUT2D eigenvalue weighted by Crippen LogP contribution is -2.13. The molecule has 1 heterocycles. The summed E-state index contributed by atoms with van der Waals surface area (Å²) in [5.74, 6) is -1.21. The Kier molecular flexibility index (Phi) is 3.79. The summed E-state index contributed by atoms with van der Waals surface area (Å²) in [4.78, 5) is 15.6. The number of hydrogen-bond donors (Lipinski definition) is 1. The van der Waals surface area contributed by atoms with Crippen molar-refractivity contribution < 1.29 is 9.18 Å². The Morgan fingerprint density at radius 3 is 2.72 bits per heavy atom. The maximum Gasteiger partial charge on any atom is 0.257 e. The number of amides is 1. The SMILES string of the molecule is O=C(Nc1cccc(Cl)c1F)c1ccncc1Cl. The van der Waals surface area contributed by atoms with Crippen LogP contribution in [-0.4, -0.2) is 10.9 Å². The molecule has 1 N–H and O–H groups in total. The van der Waals surface area contributed by atoms with Gasteiger partial charge in [-0.2, -0.15) is 0 Å². The summed E-state index contributed by atoms with van der Waals surface area (Å²) in [6, 6.07) is 5.79. The molecule has 3 nitrogen and oxygen atoms in total. The van der Waals surface area contributed by atoms with Crippen LogP contribution in [-0.2, 0) is 0 Å². The molecule has 2 aromatic rings. The summed E-state index contributed by atoms with van der Waals surface area (Å²) in [7, 11) is 0. The maximum absolute atomic E-state index is 13.6. The summed E-state index contributed by atoms with van der Waals surface area (Å²) in [6.45, 7) is 0. The summed E-state index contributed by atoms with van der Waals surface area (Å²) >= 11 is 11.4. The van der Waals surface area contributed by atoms with Crippen LogP contribution in [0.2, 0.25) is 10.0 Å². The fourth-order valence-electron chi connectivity index (χ4n) is 1.35. The average Bonchev–Trinajstić information content (AvgIpc) is 2.35.